The SMILES string of the molecule is Ic1c[nH]c2cnncc12. The van der Waals surface area contributed by atoms with Gasteiger partial charge in [0.05, 0.1) is 17.9 Å². The van der Waals surface area contributed by atoms with Crippen molar-refractivity contribution in [3.63, 3.8) is 0 Å². The van der Waals surface area contributed by atoms with E-state index in [-0.39, 0.29) is 0 Å². The van der Waals surface area contributed by atoms with Crippen molar-refractivity contribution in [1.82, 2.24) is 15.2 Å². The molecule has 2 heterocycles. The third kappa shape index (κ3) is 0.792. The van der Waals surface area contributed by atoms with Gasteiger partial charge in [0, 0.05) is 15.2 Å². The average molecular weight is 245 g/mol. The number of nitrogens with zero attached hydrogens (tertiary/aromatic N) is 2. The third-order valence-electron chi connectivity index (χ3n) is 1.34. The molecule has 0 aliphatic heterocycles. The average Bonchev–Trinajstić information content (AvgIpc) is 2.34. The van der Waals surface area contributed by atoms with Crippen LogP contribution >= 0.6 is 22.6 Å². The fourth-order valence-electron chi connectivity index (χ4n) is 0.845. The van der Waals surface area contributed by atoms with E-state index < -0.39 is 0 Å². The number of rotatable bonds is 0. The summed E-state index contributed by atoms with van der Waals surface area (Å²) in [6.45, 7) is 0. The molecule has 0 bridgehead atoms. The van der Waals surface area contributed by atoms with Crippen molar-refractivity contribution in [1.29, 1.82) is 0 Å². The lowest BCUT2D eigenvalue weighted by Gasteiger charge is -1.84. The van der Waals surface area contributed by atoms with E-state index in [1.165, 1.54) is 3.57 Å². The highest BCUT2D eigenvalue weighted by Gasteiger charge is 1.97. The third-order valence-corrected chi connectivity index (χ3v) is 2.23. The quantitative estimate of drug-likeness (QED) is 0.715. The zero-order valence-electron chi connectivity index (χ0n) is 5.00. The van der Waals surface area contributed by atoms with Gasteiger partial charge in [0.1, 0.15) is 0 Å². The molecule has 0 aliphatic carbocycles. The van der Waals surface area contributed by atoms with Gasteiger partial charge >= 0.3 is 0 Å². The molecular weight excluding hydrogens is 241 g/mol. The minimum absolute atomic E-state index is 1.04. The van der Waals surface area contributed by atoms with Gasteiger partial charge in [0.2, 0.25) is 0 Å². The molecule has 0 aliphatic rings. The Labute approximate surface area is 71.0 Å². The number of aromatic amines is 1. The Morgan fingerprint density at radius 3 is 2.90 bits per heavy atom. The van der Waals surface area contributed by atoms with Crippen molar-refractivity contribution in [3.05, 3.63) is 22.2 Å². The first kappa shape index (κ1) is 6.09. The normalized spacial score (nSPS) is 10.5. The summed E-state index contributed by atoms with van der Waals surface area (Å²) in [4.78, 5) is 3.08. The monoisotopic (exact) mass is 245 g/mol. The van der Waals surface area contributed by atoms with Crippen molar-refractivity contribution < 1.29 is 0 Å². The van der Waals surface area contributed by atoms with E-state index in [0.717, 1.165) is 10.9 Å². The topological polar surface area (TPSA) is 41.6 Å². The number of nitrogens with one attached hydrogen (secondary N) is 1. The van der Waals surface area contributed by atoms with Crippen molar-refractivity contribution in [2.75, 3.05) is 0 Å². The molecule has 4 heteroatoms. The van der Waals surface area contributed by atoms with E-state index in [1.54, 1.807) is 12.4 Å². The van der Waals surface area contributed by atoms with Gasteiger partial charge in [-0.3, -0.25) is 0 Å². The summed E-state index contributed by atoms with van der Waals surface area (Å²) in [5.41, 5.74) is 1.04. The van der Waals surface area contributed by atoms with Crippen LogP contribution in [0.4, 0.5) is 0 Å². The van der Waals surface area contributed by atoms with Gasteiger partial charge in [-0.2, -0.15) is 10.2 Å². The van der Waals surface area contributed by atoms with E-state index in [0.29, 0.717) is 0 Å². The molecule has 2 aromatic heterocycles. The van der Waals surface area contributed by atoms with Gasteiger partial charge in [-0.15, -0.1) is 0 Å². The number of halogens is 1. The molecule has 3 nitrogen and oxygen atoms in total. The summed E-state index contributed by atoms with van der Waals surface area (Å²) in [6, 6.07) is 0. The molecule has 50 valence electrons. The molecule has 10 heavy (non-hydrogen) atoms. The van der Waals surface area contributed by atoms with Crippen molar-refractivity contribution in [2.45, 2.75) is 0 Å². The van der Waals surface area contributed by atoms with Crippen LogP contribution in [0.1, 0.15) is 0 Å². The lowest BCUT2D eigenvalue weighted by molar-refractivity contribution is 1.05. The summed E-state index contributed by atoms with van der Waals surface area (Å²) in [5.74, 6) is 0. The number of hydrogen-bond acceptors (Lipinski definition) is 2. The Kier molecular flexibility index (Phi) is 1.33. The summed E-state index contributed by atoms with van der Waals surface area (Å²) in [7, 11) is 0. The second-order valence-electron chi connectivity index (χ2n) is 1.95. The van der Waals surface area contributed by atoms with Crippen molar-refractivity contribution in [3.8, 4) is 0 Å². The van der Waals surface area contributed by atoms with Crippen molar-refractivity contribution in [2.24, 2.45) is 0 Å². The van der Waals surface area contributed by atoms with E-state index in [4.69, 9.17) is 0 Å². The number of aromatic nitrogens is 3. The molecule has 1 N–H and O–H groups in total. The van der Waals surface area contributed by atoms with Gasteiger partial charge in [-0.1, -0.05) is 0 Å². The Bertz CT molecular complexity index is 355. The molecule has 0 atom stereocenters. The molecule has 0 amide bonds. The minimum Gasteiger partial charge on any atom is -0.359 e. The second-order valence-corrected chi connectivity index (χ2v) is 3.12. The summed E-state index contributed by atoms with van der Waals surface area (Å²) < 4.78 is 1.18. The summed E-state index contributed by atoms with van der Waals surface area (Å²) in [5, 5.41) is 8.65. The molecular formula is C6H4IN3. The molecule has 0 aromatic carbocycles. The first-order valence-corrected chi connectivity index (χ1v) is 3.89. The van der Waals surface area contributed by atoms with Gasteiger partial charge < -0.3 is 4.98 Å². The molecule has 0 fully saturated rings. The van der Waals surface area contributed by atoms with Gasteiger partial charge in [0.25, 0.3) is 0 Å². The molecule has 2 rings (SSSR count). The molecule has 0 saturated heterocycles. The zero-order chi connectivity index (χ0) is 6.97. The van der Waals surface area contributed by atoms with Gasteiger partial charge in [-0.25, -0.2) is 0 Å². The summed E-state index contributed by atoms with van der Waals surface area (Å²) >= 11 is 2.25. The highest BCUT2D eigenvalue weighted by Crippen LogP contribution is 2.16. The highest BCUT2D eigenvalue weighted by atomic mass is 127. The smallest absolute Gasteiger partial charge is 0.0737 e. The van der Waals surface area contributed by atoms with Crippen molar-refractivity contribution >= 4 is 33.5 Å². The maximum atomic E-state index is 3.77. The van der Waals surface area contributed by atoms with Crippen LogP contribution in [0.5, 0.6) is 0 Å². The zero-order valence-corrected chi connectivity index (χ0v) is 7.16. The predicted octanol–water partition coefficient (Wildman–Crippen LogP) is 1.56. The van der Waals surface area contributed by atoms with Gasteiger partial charge in [-0.05, 0) is 22.6 Å². The minimum atomic E-state index is 1.04. The van der Waals surface area contributed by atoms with E-state index in [1.807, 2.05) is 6.20 Å². The molecule has 0 spiro atoms. The van der Waals surface area contributed by atoms with Crippen LogP contribution in [-0.4, -0.2) is 15.2 Å². The Hall–Kier alpha value is -0.650. The Morgan fingerprint density at radius 2 is 2.10 bits per heavy atom. The maximum absolute atomic E-state index is 3.77. The Balaban J connectivity index is 2.93. The molecule has 0 saturated carbocycles. The lowest BCUT2D eigenvalue weighted by atomic mass is 10.4. The molecule has 0 radical (unpaired) electrons. The molecule has 2 aromatic rings. The van der Waals surface area contributed by atoms with Crippen LogP contribution in [0.15, 0.2) is 18.6 Å². The maximum Gasteiger partial charge on any atom is 0.0737 e. The standard InChI is InChI=1S/C6H4IN3/c7-5-2-8-6-3-10-9-1-4(5)6/h1-3,8H. The van der Waals surface area contributed by atoms with Crippen LogP contribution in [0.3, 0.4) is 0 Å². The largest absolute Gasteiger partial charge is 0.359 e. The van der Waals surface area contributed by atoms with Crippen LogP contribution < -0.4 is 0 Å². The van der Waals surface area contributed by atoms with E-state index in [9.17, 15) is 0 Å². The highest BCUT2D eigenvalue weighted by molar-refractivity contribution is 14.1. The predicted molar refractivity (Wildman–Crippen MR) is 46.6 cm³/mol. The fourth-order valence-corrected chi connectivity index (χ4v) is 1.43. The Morgan fingerprint density at radius 1 is 1.30 bits per heavy atom. The number of H-pyrrole nitrogens is 1. The van der Waals surface area contributed by atoms with Crippen LogP contribution in [0.25, 0.3) is 10.9 Å². The first-order valence-electron chi connectivity index (χ1n) is 2.81. The summed E-state index contributed by atoms with van der Waals surface area (Å²) in [6.07, 6.45) is 5.42. The lowest BCUT2D eigenvalue weighted by Crippen LogP contribution is -1.77. The fraction of sp³-hybridized carbons (Fsp3) is 0. The molecule has 0 unspecified atom stereocenters. The van der Waals surface area contributed by atoms with E-state index in [2.05, 4.69) is 37.8 Å². The van der Waals surface area contributed by atoms with Crippen LogP contribution in [0.2, 0.25) is 0 Å². The van der Waals surface area contributed by atoms with Crippen LogP contribution in [-0.2, 0) is 0 Å². The van der Waals surface area contributed by atoms with Crippen LogP contribution in [0, 0.1) is 3.57 Å². The number of hydrogen-bond donors (Lipinski definition) is 1. The number of fused-ring (bicyclic) bond motifs is 1. The second kappa shape index (κ2) is 2.19. The van der Waals surface area contributed by atoms with E-state index >= 15 is 0 Å². The first-order chi connectivity index (χ1) is 4.88. The van der Waals surface area contributed by atoms with Gasteiger partial charge in [0.15, 0.2) is 0 Å².